The van der Waals surface area contributed by atoms with Gasteiger partial charge in [-0.05, 0) is 17.7 Å². The zero-order valence-corrected chi connectivity index (χ0v) is 10.6. The summed E-state index contributed by atoms with van der Waals surface area (Å²) in [5.74, 6) is -0.615. The van der Waals surface area contributed by atoms with E-state index in [9.17, 15) is 13.2 Å². The van der Waals surface area contributed by atoms with Crippen molar-refractivity contribution < 1.29 is 18.3 Å². The van der Waals surface area contributed by atoms with Crippen LogP contribution in [0.15, 0.2) is 29.2 Å². The first-order chi connectivity index (χ1) is 7.45. The highest BCUT2D eigenvalue weighted by Crippen LogP contribution is 2.13. The van der Waals surface area contributed by atoms with E-state index in [-0.39, 0.29) is 4.90 Å². The van der Waals surface area contributed by atoms with E-state index >= 15 is 0 Å². The Morgan fingerprint density at radius 3 is 2.31 bits per heavy atom. The second-order valence-corrected chi connectivity index (χ2v) is 5.57. The highest BCUT2D eigenvalue weighted by atomic mass is 79.9. The zero-order chi connectivity index (χ0) is 12.2. The molecule has 1 rings (SSSR count). The first-order valence-corrected chi connectivity index (χ1v) is 7.07. The fourth-order valence-corrected chi connectivity index (χ4v) is 2.43. The van der Waals surface area contributed by atoms with Gasteiger partial charge < -0.3 is 10.4 Å². The number of carbonyl (C=O) groups is 1. The fourth-order valence-electron chi connectivity index (χ4n) is 1.03. The van der Waals surface area contributed by atoms with Crippen molar-refractivity contribution in [2.45, 2.75) is 10.2 Å². The van der Waals surface area contributed by atoms with Crippen LogP contribution < -0.4 is 5.32 Å². The van der Waals surface area contributed by atoms with Crippen LogP contribution in [-0.2, 0) is 15.2 Å². The number of nitrogens with one attached hydrogen (secondary N) is 1. The van der Waals surface area contributed by atoms with Crippen molar-refractivity contribution >= 4 is 31.9 Å². The van der Waals surface area contributed by atoms with E-state index in [1.807, 2.05) is 5.32 Å². The lowest BCUT2D eigenvalue weighted by Gasteiger charge is -2.04. The van der Waals surface area contributed by atoms with Gasteiger partial charge >= 0.3 is 6.09 Å². The van der Waals surface area contributed by atoms with Crippen molar-refractivity contribution in [3.63, 3.8) is 0 Å². The number of halogens is 1. The van der Waals surface area contributed by atoms with Crippen LogP contribution in [0.3, 0.4) is 0 Å². The van der Waals surface area contributed by atoms with Crippen molar-refractivity contribution in [2.24, 2.45) is 0 Å². The molecular formula is C9H10BrNO4S. The Morgan fingerprint density at radius 1 is 1.31 bits per heavy atom. The molecule has 5 nitrogen and oxygen atoms in total. The molecule has 0 heterocycles. The van der Waals surface area contributed by atoms with Crippen LogP contribution >= 0.6 is 15.9 Å². The summed E-state index contributed by atoms with van der Waals surface area (Å²) in [6, 6.07) is 6.25. The minimum absolute atomic E-state index is 0.103. The molecule has 16 heavy (non-hydrogen) atoms. The quantitative estimate of drug-likeness (QED) is 0.827. The van der Waals surface area contributed by atoms with Gasteiger partial charge in [0, 0.05) is 5.33 Å². The molecule has 0 unspecified atom stereocenters. The van der Waals surface area contributed by atoms with Crippen LogP contribution in [-0.4, -0.2) is 25.5 Å². The molecule has 0 spiro atoms. The third-order valence-corrected chi connectivity index (χ3v) is 4.01. The molecule has 0 radical (unpaired) electrons. The molecule has 0 aromatic heterocycles. The van der Waals surface area contributed by atoms with Crippen LogP contribution in [0, 0.1) is 0 Å². The van der Waals surface area contributed by atoms with E-state index in [4.69, 9.17) is 5.11 Å². The maximum Gasteiger partial charge on any atom is 0.405 e. The highest BCUT2D eigenvalue weighted by molar-refractivity contribution is 9.08. The van der Waals surface area contributed by atoms with Gasteiger partial charge in [-0.25, -0.2) is 13.2 Å². The molecule has 1 aromatic carbocycles. The van der Waals surface area contributed by atoms with Crippen molar-refractivity contribution in [1.29, 1.82) is 0 Å². The van der Waals surface area contributed by atoms with Gasteiger partial charge in [0.1, 0.15) is 5.88 Å². The maximum atomic E-state index is 11.6. The van der Waals surface area contributed by atoms with Gasteiger partial charge in [-0.1, -0.05) is 28.1 Å². The van der Waals surface area contributed by atoms with Crippen molar-refractivity contribution in [3.8, 4) is 0 Å². The van der Waals surface area contributed by atoms with Gasteiger partial charge in [-0.15, -0.1) is 0 Å². The summed E-state index contributed by atoms with van der Waals surface area (Å²) < 4.78 is 23.2. The number of amides is 1. The zero-order valence-electron chi connectivity index (χ0n) is 8.18. The molecule has 0 atom stereocenters. The van der Waals surface area contributed by atoms with E-state index in [0.29, 0.717) is 5.33 Å². The van der Waals surface area contributed by atoms with E-state index in [2.05, 4.69) is 15.9 Å². The van der Waals surface area contributed by atoms with Crippen LogP contribution in [0.1, 0.15) is 5.56 Å². The predicted molar refractivity (Wildman–Crippen MR) is 62.3 cm³/mol. The van der Waals surface area contributed by atoms with Gasteiger partial charge in [-0.2, -0.15) is 0 Å². The third-order valence-electron chi connectivity index (χ3n) is 1.85. The smallest absolute Gasteiger partial charge is 0.405 e. The van der Waals surface area contributed by atoms with Gasteiger partial charge in [0.25, 0.3) is 0 Å². The Kier molecular flexibility index (Phi) is 4.31. The van der Waals surface area contributed by atoms with E-state index in [1.54, 1.807) is 12.1 Å². The number of benzene rings is 1. The number of alkyl halides is 1. The molecule has 0 saturated heterocycles. The minimum atomic E-state index is -3.59. The van der Waals surface area contributed by atoms with Crippen molar-refractivity contribution in [1.82, 2.24) is 5.32 Å². The predicted octanol–water partition coefficient (Wildman–Crippen LogP) is 1.58. The molecule has 88 valence electrons. The minimum Gasteiger partial charge on any atom is -0.465 e. The number of hydrogen-bond acceptors (Lipinski definition) is 3. The molecule has 0 aliphatic heterocycles. The Hall–Kier alpha value is -1.08. The summed E-state index contributed by atoms with van der Waals surface area (Å²) in [6.45, 7) is 0. The van der Waals surface area contributed by atoms with E-state index in [0.717, 1.165) is 5.56 Å². The summed E-state index contributed by atoms with van der Waals surface area (Å²) in [4.78, 5) is 10.3. The molecule has 0 aliphatic rings. The van der Waals surface area contributed by atoms with Crippen LogP contribution in [0.25, 0.3) is 0 Å². The first kappa shape index (κ1) is 13.0. The topological polar surface area (TPSA) is 83.5 Å². The third kappa shape index (κ3) is 3.49. The van der Waals surface area contributed by atoms with Crippen molar-refractivity contribution in [2.75, 3.05) is 5.88 Å². The number of rotatable bonds is 4. The average molecular weight is 308 g/mol. The van der Waals surface area contributed by atoms with Crippen LogP contribution in [0.2, 0.25) is 0 Å². The molecule has 0 fully saturated rings. The lowest BCUT2D eigenvalue weighted by molar-refractivity contribution is 0.196. The lowest BCUT2D eigenvalue weighted by atomic mass is 10.2. The van der Waals surface area contributed by atoms with Crippen LogP contribution in [0.5, 0.6) is 0 Å². The average Bonchev–Trinajstić information content (AvgIpc) is 2.27. The molecule has 1 amide bonds. The van der Waals surface area contributed by atoms with Crippen LogP contribution in [0.4, 0.5) is 4.79 Å². The Morgan fingerprint density at radius 2 is 1.88 bits per heavy atom. The molecule has 1 aromatic rings. The number of hydrogen-bond donors (Lipinski definition) is 2. The molecule has 0 aliphatic carbocycles. The largest absolute Gasteiger partial charge is 0.465 e. The molecule has 7 heteroatoms. The fraction of sp³-hybridized carbons (Fsp3) is 0.222. The summed E-state index contributed by atoms with van der Waals surface area (Å²) >= 11 is 3.24. The second-order valence-electron chi connectivity index (χ2n) is 3.02. The standard InChI is InChI=1S/C9H10BrNO4S/c10-5-7-1-3-8(4-2-7)16(14,15)6-11-9(12)13/h1-4,11H,5-6H2,(H,12,13). The molecule has 0 saturated carbocycles. The monoisotopic (exact) mass is 307 g/mol. The first-order valence-electron chi connectivity index (χ1n) is 4.30. The summed E-state index contributed by atoms with van der Waals surface area (Å²) in [6.07, 6.45) is -1.36. The SMILES string of the molecule is O=C(O)NCS(=O)(=O)c1ccc(CBr)cc1. The van der Waals surface area contributed by atoms with Gasteiger partial charge in [-0.3, -0.25) is 0 Å². The summed E-state index contributed by atoms with van der Waals surface area (Å²) in [5, 5.41) is 10.8. The highest BCUT2D eigenvalue weighted by Gasteiger charge is 2.14. The maximum absolute atomic E-state index is 11.6. The Labute approximate surface area is 102 Å². The molecule has 2 N–H and O–H groups in total. The Bertz CT molecular complexity index is 469. The molecule has 0 bridgehead atoms. The Balaban J connectivity index is 2.85. The van der Waals surface area contributed by atoms with E-state index < -0.39 is 21.8 Å². The van der Waals surface area contributed by atoms with Crippen molar-refractivity contribution in [3.05, 3.63) is 29.8 Å². The van der Waals surface area contributed by atoms with Gasteiger partial charge in [0.05, 0.1) is 4.90 Å². The number of sulfone groups is 1. The summed E-state index contributed by atoms with van der Waals surface area (Å²) in [7, 11) is -3.59. The number of carboxylic acid groups (broad SMARTS) is 1. The van der Waals surface area contributed by atoms with Gasteiger partial charge in [0.15, 0.2) is 9.84 Å². The molecular weight excluding hydrogens is 298 g/mol. The summed E-state index contributed by atoms with van der Waals surface area (Å²) in [5.41, 5.74) is 0.949. The normalized spacial score (nSPS) is 11.1. The van der Waals surface area contributed by atoms with E-state index in [1.165, 1.54) is 12.1 Å². The van der Waals surface area contributed by atoms with Gasteiger partial charge in [0.2, 0.25) is 0 Å². The second kappa shape index (κ2) is 5.31. The lowest BCUT2D eigenvalue weighted by Crippen LogP contribution is -2.27.